The number of sulfonamides is 1. The summed E-state index contributed by atoms with van der Waals surface area (Å²) in [5.74, 6) is -0.552. The molecule has 0 amide bonds. The smallest absolute Gasteiger partial charge is 0.243 e. The van der Waals surface area contributed by atoms with Gasteiger partial charge in [-0.2, -0.15) is 4.31 Å². The van der Waals surface area contributed by atoms with Crippen molar-refractivity contribution in [2.75, 3.05) is 19.7 Å². The highest BCUT2D eigenvalue weighted by Crippen LogP contribution is 2.23. The monoisotopic (exact) mass is 273 g/mol. The standard InChI is InChI=1S/C12H16FNO3S/c1-12(2)9-14(6-7-17-12)18(15,16)11-5-3-4-10(13)8-11/h3-5,8H,6-7,9H2,1-2H3. The minimum atomic E-state index is -3.64. The van der Waals surface area contributed by atoms with Gasteiger partial charge in [-0.3, -0.25) is 0 Å². The van der Waals surface area contributed by atoms with Crippen LogP contribution in [0.5, 0.6) is 0 Å². The summed E-state index contributed by atoms with van der Waals surface area (Å²) in [7, 11) is -3.64. The van der Waals surface area contributed by atoms with E-state index in [-0.39, 0.29) is 11.4 Å². The first kappa shape index (κ1) is 13.5. The minimum Gasteiger partial charge on any atom is -0.373 e. The van der Waals surface area contributed by atoms with E-state index < -0.39 is 21.4 Å². The minimum absolute atomic E-state index is 0.0137. The van der Waals surface area contributed by atoms with Gasteiger partial charge in [0.05, 0.1) is 17.1 Å². The molecule has 100 valence electrons. The van der Waals surface area contributed by atoms with Gasteiger partial charge in [-0.1, -0.05) is 6.07 Å². The molecule has 2 rings (SSSR count). The van der Waals surface area contributed by atoms with Crippen molar-refractivity contribution in [3.05, 3.63) is 30.1 Å². The lowest BCUT2D eigenvalue weighted by atomic mass is 10.1. The fourth-order valence-electron chi connectivity index (χ4n) is 1.95. The van der Waals surface area contributed by atoms with Gasteiger partial charge in [0.15, 0.2) is 0 Å². The molecule has 4 nitrogen and oxygen atoms in total. The largest absolute Gasteiger partial charge is 0.373 e. The topological polar surface area (TPSA) is 46.6 Å². The molecule has 0 saturated carbocycles. The molecule has 1 saturated heterocycles. The molecule has 1 aromatic carbocycles. The maximum Gasteiger partial charge on any atom is 0.243 e. The van der Waals surface area contributed by atoms with E-state index in [1.165, 1.54) is 22.5 Å². The number of benzene rings is 1. The molecule has 6 heteroatoms. The third kappa shape index (κ3) is 2.71. The lowest BCUT2D eigenvalue weighted by Gasteiger charge is -2.37. The summed E-state index contributed by atoms with van der Waals surface area (Å²) in [5, 5.41) is 0. The van der Waals surface area contributed by atoms with Crippen LogP contribution in [0, 0.1) is 5.82 Å². The maximum absolute atomic E-state index is 13.1. The van der Waals surface area contributed by atoms with Crippen molar-refractivity contribution in [3.8, 4) is 0 Å². The number of rotatable bonds is 2. The zero-order valence-electron chi connectivity index (χ0n) is 10.4. The number of nitrogens with zero attached hydrogens (tertiary/aromatic N) is 1. The van der Waals surface area contributed by atoms with E-state index >= 15 is 0 Å². The van der Waals surface area contributed by atoms with Crippen LogP contribution in [0.2, 0.25) is 0 Å². The van der Waals surface area contributed by atoms with E-state index in [1.807, 2.05) is 13.8 Å². The quantitative estimate of drug-likeness (QED) is 0.822. The Hall–Kier alpha value is -0.980. The third-order valence-electron chi connectivity index (χ3n) is 2.82. The van der Waals surface area contributed by atoms with Crippen molar-refractivity contribution in [2.45, 2.75) is 24.3 Å². The number of morpholine rings is 1. The summed E-state index contributed by atoms with van der Waals surface area (Å²) in [4.78, 5) is -0.0137. The molecule has 0 aliphatic carbocycles. The molecular formula is C12H16FNO3S. The lowest BCUT2D eigenvalue weighted by Crippen LogP contribution is -2.50. The average Bonchev–Trinajstić information content (AvgIpc) is 2.27. The van der Waals surface area contributed by atoms with Gasteiger partial charge < -0.3 is 4.74 Å². The number of hydrogen-bond acceptors (Lipinski definition) is 3. The van der Waals surface area contributed by atoms with Gasteiger partial charge >= 0.3 is 0 Å². The molecule has 0 atom stereocenters. The second-order valence-electron chi connectivity index (χ2n) is 4.90. The normalized spacial score (nSPS) is 20.8. The fourth-order valence-corrected chi connectivity index (χ4v) is 3.56. The van der Waals surface area contributed by atoms with Gasteiger partial charge in [-0.15, -0.1) is 0 Å². The Morgan fingerprint density at radius 1 is 1.39 bits per heavy atom. The van der Waals surface area contributed by atoms with E-state index in [2.05, 4.69) is 0 Å². The molecule has 0 aromatic heterocycles. The van der Waals surface area contributed by atoms with Gasteiger partial charge in [0.1, 0.15) is 5.82 Å². The molecule has 1 fully saturated rings. The summed E-state index contributed by atoms with van der Waals surface area (Å²) in [6.45, 7) is 4.58. The van der Waals surface area contributed by atoms with Gasteiger partial charge in [-0.05, 0) is 32.0 Å². The van der Waals surface area contributed by atoms with E-state index in [4.69, 9.17) is 4.74 Å². The molecule has 0 bridgehead atoms. The Morgan fingerprint density at radius 3 is 2.72 bits per heavy atom. The van der Waals surface area contributed by atoms with Crippen LogP contribution < -0.4 is 0 Å². The van der Waals surface area contributed by atoms with Gasteiger partial charge in [-0.25, -0.2) is 12.8 Å². The molecule has 0 unspecified atom stereocenters. The van der Waals surface area contributed by atoms with Crippen molar-refractivity contribution in [1.82, 2.24) is 4.31 Å². The predicted molar refractivity (Wildman–Crippen MR) is 65.2 cm³/mol. The zero-order chi connectivity index (χ0) is 13.4. The van der Waals surface area contributed by atoms with Crippen molar-refractivity contribution < 1.29 is 17.5 Å². The SMILES string of the molecule is CC1(C)CN(S(=O)(=O)c2cccc(F)c2)CCO1. The third-order valence-corrected chi connectivity index (χ3v) is 4.67. The van der Waals surface area contributed by atoms with Crippen LogP contribution in [0.1, 0.15) is 13.8 Å². The summed E-state index contributed by atoms with van der Waals surface area (Å²) in [5.41, 5.74) is -0.515. The number of hydrogen-bond donors (Lipinski definition) is 0. The van der Waals surface area contributed by atoms with Crippen LogP contribution in [0.4, 0.5) is 4.39 Å². The van der Waals surface area contributed by atoms with E-state index in [9.17, 15) is 12.8 Å². The summed E-state index contributed by atoms with van der Waals surface area (Å²) >= 11 is 0. The first-order valence-electron chi connectivity index (χ1n) is 5.71. The van der Waals surface area contributed by atoms with Crippen LogP contribution in [-0.2, 0) is 14.8 Å². The van der Waals surface area contributed by atoms with Crippen molar-refractivity contribution in [1.29, 1.82) is 0 Å². The van der Waals surface area contributed by atoms with Crippen LogP contribution in [0.25, 0.3) is 0 Å². The van der Waals surface area contributed by atoms with Gasteiger partial charge in [0.25, 0.3) is 0 Å². The van der Waals surface area contributed by atoms with E-state index in [1.54, 1.807) is 0 Å². The molecule has 1 aliphatic rings. The zero-order valence-corrected chi connectivity index (χ0v) is 11.2. The highest BCUT2D eigenvalue weighted by atomic mass is 32.2. The van der Waals surface area contributed by atoms with Crippen molar-refractivity contribution in [2.24, 2.45) is 0 Å². The first-order valence-corrected chi connectivity index (χ1v) is 7.15. The Bertz CT molecular complexity index is 542. The lowest BCUT2D eigenvalue weighted by molar-refractivity contribution is -0.0640. The van der Waals surface area contributed by atoms with Crippen LogP contribution in [0.15, 0.2) is 29.2 Å². The molecule has 18 heavy (non-hydrogen) atoms. The Labute approximate surface area is 106 Å². The summed E-state index contributed by atoms with van der Waals surface area (Å²) < 4.78 is 44.6. The highest BCUT2D eigenvalue weighted by Gasteiger charge is 2.34. The Kier molecular flexibility index (Phi) is 3.44. The Balaban J connectivity index is 2.31. The Morgan fingerprint density at radius 2 is 2.11 bits per heavy atom. The van der Waals surface area contributed by atoms with Gasteiger partial charge in [0.2, 0.25) is 10.0 Å². The van der Waals surface area contributed by atoms with E-state index in [0.717, 1.165) is 6.07 Å². The second kappa shape index (κ2) is 4.60. The van der Waals surface area contributed by atoms with E-state index in [0.29, 0.717) is 13.2 Å². The maximum atomic E-state index is 13.1. The molecule has 0 spiro atoms. The average molecular weight is 273 g/mol. The summed E-state index contributed by atoms with van der Waals surface area (Å²) in [6.07, 6.45) is 0. The fraction of sp³-hybridized carbons (Fsp3) is 0.500. The number of halogens is 1. The second-order valence-corrected chi connectivity index (χ2v) is 6.84. The van der Waals surface area contributed by atoms with Crippen LogP contribution in [0.3, 0.4) is 0 Å². The first-order chi connectivity index (χ1) is 8.31. The molecular weight excluding hydrogens is 257 g/mol. The van der Waals surface area contributed by atoms with Crippen LogP contribution in [-0.4, -0.2) is 38.0 Å². The van der Waals surface area contributed by atoms with Crippen molar-refractivity contribution >= 4 is 10.0 Å². The highest BCUT2D eigenvalue weighted by molar-refractivity contribution is 7.89. The van der Waals surface area contributed by atoms with Crippen molar-refractivity contribution in [3.63, 3.8) is 0 Å². The number of ether oxygens (including phenoxy) is 1. The molecule has 0 radical (unpaired) electrons. The molecule has 1 heterocycles. The molecule has 1 aliphatic heterocycles. The predicted octanol–water partition coefficient (Wildman–Crippen LogP) is 1.63. The summed E-state index contributed by atoms with van der Waals surface area (Å²) in [6, 6.07) is 5.06. The molecule has 0 N–H and O–H groups in total. The van der Waals surface area contributed by atoms with Gasteiger partial charge in [0, 0.05) is 13.1 Å². The molecule has 1 aromatic rings. The van der Waals surface area contributed by atoms with Crippen LogP contribution >= 0.6 is 0 Å².